The molecule has 6 nitrogen and oxygen atoms in total. The van der Waals surface area contributed by atoms with Crippen molar-refractivity contribution in [1.29, 1.82) is 0 Å². The lowest BCUT2D eigenvalue weighted by atomic mass is 10.1. The Balaban J connectivity index is 1.49. The third-order valence-corrected chi connectivity index (χ3v) is 5.05. The van der Waals surface area contributed by atoms with E-state index in [9.17, 15) is 9.59 Å². The lowest BCUT2D eigenvalue weighted by Gasteiger charge is -2.09. The van der Waals surface area contributed by atoms with Crippen molar-refractivity contribution in [2.75, 3.05) is 13.2 Å². The fourth-order valence-corrected chi connectivity index (χ4v) is 3.44. The van der Waals surface area contributed by atoms with Gasteiger partial charge in [-0.25, -0.2) is 4.98 Å². The van der Waals surface area contributed by atoms with E-state index in [4.69, 9.17) is 21.3 Å². The molecule has 0 fully saturated rings. The molecule has 1 aromatic heterocycles. The van der Waals surface area contributed by atoms with Crippen molar-refractivity contribution in [3.05, 3.63) is 64.9 Å². The molecule has 0 unspecified atom stereocenters. The average Bonchev–Trinajstić information content (AvgIpc) is 3.08. The predicted molar refractivity (Wildman–Crippen MR) is 118 cm³/mol. The molecular formula is C23H26ClN3O3. The molecule has 158 valence electrons. The lowest BCUT2D eigenvalue weighted by molar-refractivity contribution is -0.143. The minimum Gasteiger partial charge on any atom is -0.465 e. The molecule has 0 aliphatic rings. The van der Waals surface area contributed by atoms with Crippen molar-refractivity contribution in [3.8, 4) is 0 Å². The molecule has 1 amide bonds. The summed E-state index contributed by atoms with van der Waals surface area (Å²) in [4.78, 5) is 28.8. The quantitative estimate of drug-likeness (QED) is 0.384. The zero-order valence-corrected chi connectivity index (χ0v) is 17.8. The van der Waals surface area contributed by atoms with Gasteiger partial charge in [0.2, 0.25) is 0 Å². The second-order valence-electron chi connectivity index (χ2n) is 6.98. The molecule has 0 bridgehead atoms. The molecule has 3 aromatic rings. The number of esters is 1. The molecule has 0 spiro atoms. The molecular weight excluding hydrogens is 402 g/mol. The number of imidazole rings is 1. The van der Waals surface area contributed by atoms with Gasteiger partial charge in [0.25, 0.3) is 5.91 Å². The Morgan fingerprint density at radius 2 is 1.83 bits per heavy atom. The molecule has 2 aromatic carbocycles. The number of nitrogens with zero attached hydrogens (tertiary/aromatic N) is 2. The van der Waals surface area contributed by atoms with Crippen LogP contribution in [0.1, 0.15) is 42.4 Å². The first-order valence-corrected chi connectivity index (χ1v) is 10.6. The van der Waals surface area contributed by atoms with Crippen molar-refractivity contribution in [2.24, 2.45) is 0 Å². The van der Waals surface area contributed by atoms with E-state index in [-0.39, 0.29) is 18.4 Å². The predicted octanol–water partition coefficient (Wildman–Crippen LogP) is 4.40. The van der Waals surface area contributed by atoms with E-state index >= 15 is 0 Å². The molecule has 1 N–H and O–H groups in total. The topological polar surface area (TPSA) is 73.2 Å². The van der Waals surface area contributed by atoms with Crippen molar-refractivity contribution in [2.45, 2.75) is 39.2 Å². The fourth-order valence-electron chi connectivity index (χ4n) is 3.32. The van der Waals surface area contributed by atoms with Gasteiger partial charge in [-0.05, 0) is 56.2 Å². The number of ether oxygens (including phenoxy) is 1. The molecule has 0 radical (unpaired) electrons. The van der Waals surface area contributed by atoms with E-state index in [1.807, 2.05) is 28.8 Å². The fraction of sp³-hybridized carbons (Fsp3) is 0.348. The number of amides is 1. The molecule has 0 saturated carbocycles. The first-order chi connectivity index (χ1) is 14.6. The highest BCUT2D eigenvalue weighted by atomic mass is 35.5. The van der Waals surface area contributed by atoms with Crippen LogP contribution < -0.4 is 5.32 Å². The largest absolute Gasteiger partial charge is 0.465 e. The van der Waals surface area contributed by atoms with E-state index < -0.39 is 0 Å². The number of carbonyl (C=O) groups is 2. The first kappa shape index (κ1) is 21.8. The van der Waals surface area contributed by atoms with Crippen LogP contribution in [0.15, 0.2) is 48.5 Å². The minimum absolute atomic E-state index is 0.0945. The normalized spacial score (nSPS) is 10.9. The maximum Gasteiger partial charge on any atom is 0.326 e. The van der Waals surface area contributed by atoms with Gasteiger partial charge in [-0.1, -0.05) is 30.2 Å². The van der Waals surface area contributed by atoms with Gasteiger partial charge in [0.1, 0.15) is 12.4 Å². The summed E-state index contributed by atoms with van der Waals surface area (Å²) in [6, 6.07) is 14.6. The summed E-state index contributed by atoms with van der Waals surface area (Å²) in [5.74, 6) is 0.532. The highest BCUT2D eigenvalue weighted by molar-refractivity contribution is 6.30. The number of benzene rings is 2. The molecule has 0 atom stereocenters. The smallest absolute Gasteiger partial charge is 0.326 e. The maximum atomic E-state index is 12.1. The van der Waals surface area contributed by atoms with E-state index in [0.717, 1.165) is 42.5 Å². The highest BCUT2D eigenvalue weighted by Crippen LogP contribution is 2.18. The maximum absolute atomic E-state index is 12.1. The van der Waals surface area contributed by atoms with Gasteiger partial charge >= 0.3 is 5.97 Å². The summed E-state index contributed by atoms with van der Waals surface area (Å²) in [5, 5.41) is 3.54. The van der Waals surface area contributed by atoms with Crippen molar-refractivity contribution < 1.29 is 14.3 Å². The van der Waals surface area contributed by atoms with Gasteiger partial charge in [-0.3, -0.25) is 9.59 Å². The summed E-state index contributed by atoms with van der Waals surface area (Å²) in [5.41, 5.74) is 2.43. The van der Waals surface area contributed by atoms with Crippen LogP contribution >= 0.6 is 11.6 Å². The zero-order valence-electron chi connectivity index (χ0n) is 17.1. The van der Waals surface area contributed by atoms with Gasteiger partial charge in [0, 0.05) is 23.6 Å². The molecule has 1 heterocycles. The second kappa shape index (κ2) is 10.8. The molecule has 0 aliphatic heterocycles. The number of aryl methyl sites for hydroxylation is 1. The summed E-state index contributed by atoms with van der Waals surface area (Å²) < 4.78 is 7.05. The summed E-state index contributed by atoms with van der Waals surface area (Å²) in [6.07, 6.45) is 3.50. The number of hydrogen-bond donors (Lipinski definition) is 1. The zero-order chi connectivity index (χ0) is 21.3. The number of para-hydroxylation sites is 2. The van der Waals surface area contributed by atoms with Gasteiger partial charge in [-0.2, -0.15) is 0 Å². The van der Waals surface area contributed by atoms with Crippen LogP contribution in [0.25, 0.3) is 11.0 Å². The van der Waals surface area contributed by atoms with Crippen LogP contribution in [0, 0.1) is 0 Å². The number of rotatable bonds is 10. The Kier molecular flexibility index (Phi) is 7.85. The summed E-state index contributed by atoms with van der Waals surface area (Å²) >= 11 is 5.84. The van der Waals surface area contributed by atoms with Crippen molar-refractivity contribution in [1.82, 2.24) is 14.9 Å². The number of aromatic nitrogens is 2. The number of hydrogen-bond acceptors (Lipinski definition) is 4. The summed E-state index contributed by atoms with van der Waals surface area (Å²) in [6.45, 7) is 2.95. The number of halogens is 1. The molecule has 7 heteroatoms. The Morgan fingerprint density at radius 3 is 2.60 bits per heavy atom. The minimum atomic E-state index is -0.258. The standard InChI is InChI=1S/C23H26ClN3O3/c1-2-30-22(28)16-27-20-9-6-5-8-19(20)26-21(27)10-4-3-7-15-25-23(29)17-11-13-18(24)14-12-17/h5-6,8-9,11-14H,2-4,7,10,15-16H2,1H3,(H,25,29). The lowest BCUT2D eigenvalue weighted by Crippen LogP contribution is -2.24. The number of unbranched alkanes of at least 4 members (excludes halogenated alkanes) is 2. The summed E-state index contributed by atoms with van der Waals surface area (Å²) in [7, 11) is 0. The van der Waals surface area contributed by atoms with Gasteiger partial charge < -0.3 is 14.6 Å². The van der Waals surface area contributed by atoms with Crippen LogP contribution in [0.3, 0.4) is 0 Å². The van der Waals surface area contributed by atoms with Crippen LogP contribution in [0.4, 0.5) is 0 Å². The van der Waals surface area contributed by atoms with Crippen LogP contribution in [0.2, 0.25) is 5.02 Å². The Bertz CT molecular complexity index is 999. The Hall–Kier alpha value is -2.86. The molecule has 0 saturated heterocycles. The van der Waals surface area contributed by atoms with Gasteiger partial charge in [0.05, 0.1) is 17.6 Å². The van der Waals surface area contributed by atoms with Crippen LogP contribution in [0.5, 0.6) is 0 Å². The molecule has 3 rings (SSSR count). The van der Waals surface area contributed by atoms with E-state index in [1.165, 1.54) is 0 Å². The average molecular weight is 428 g/mol. The second-order valence-corrected chi connectivity index (χ2v) is 7.42. The third kappa shape index (κ3) is 5.83. The van der Waals surface area contributed by atoms with E-state index in [2.05, 4.69) is 5.32 Å². The SMILES string of the molecule is CCOC(=O)Cn1c(CCCCCNC(=O)c2ccc(Cl)cc2)nc2ccccc21. The van der Waals surface area contributed by atoms with Crippen molar-refractivity contribution >= 4 is 34.5 Å². The molecule has 30 heavy (non-hydrogen) atoms. The van der Waals surface area contributed by atoms with E-state index in [1.54, 1.807) is 31.2 Å². The first-order valence-electron chi connectivity index (χ1n) is 10.2. The Labute approximate surface area is 181 Å². The monoisotopic (exact) mass is 427 g/mol. The molecule has 0 aliphatic carbocycles. The number of carbonyl (C=O) groups excluding carboxylic acids is 2. The van der Waals surface area contributed by atoms with Crippen LogP contribution in [-0.4, -0.2) is 34.6 Å². The van der Waals surface area contributed by atoms with Gasteiger partial charge in [0.15, 0.2) is 0 Å². The third-order valence-electron chi connectivity index (χ3n) is 4.80. The van der Waals surface area contributed by atoms with E-state index in [0.29, 0.717) is 23.7 Å². The highest BCUT2D eigenvalue weighted by Gasteiger charge is 2.14. The van der Waals surface area contributed by atoms with Crippen molar-refractivity contribution in [3.63, 3.8) is 0 Å². The number of nitrogens with one attached hydrogen (secondary N) is 1. The van der Waals surface area contributed by atoms with Crippen LogP contribution in [-0.2, 0) is 22.5 Å². The number of fused-ring (bicyclic) bond motifs is 1. The van der Waals surface area contributed by atoms with Gasteiger partial charge in [-0.15, -0.1) is 0 Å². The Morgan fingerprint density at radius 1 is 1.07 bits per heavy atom.